The molecule has 1 aromatic carbocycles. The van der Waals surface area contributed by atoms with Crippen LogP contribution < -0.4 is 5.19 Å². The lowest BCUT2D eigenvalue weighted by Gasteiger charge is -2.31. The van der Waals surface area contributed by atoms with E-state index < -0.39 is 8.07 Å². The van der Waals surface area contributed by atoms with Crippen molar-refractivity contribution in [3.05, 3.63) is 29.8 Å². The summed E-state index contributed by atoms with van der Waals surface area (Å²) in [7, 11) is -1.17. The van der Waals surface area contributed by atoms with E-state index in [4.69, 9.17) is 4.74 Å². The van der Waals surface area contributed by atoms with E-state index in [0.717, 1.165) is 18.4 Å². The lowest BCUT2D eigenvalue weighted by atomic mass is 9.82. The molecule has 0 aromatic heterocycles. The molecule has 1 nitrogen and oxygen atoms in total. The normalized spacial score (nSPS) is 27.6. The molecule has 0 radical (unpaired) electrons. The molecular formula is C18H30OSi. The standard InChI is InChI=1S/C18H30OSi/c1-14-10-15(2)12-17(11-14)19-13-16-6-8-18(9-7-16)20(3,4)5/h6-9,14-15,17H,10-13H2,1-5H3. The minimum Gasteiger partial charge on any atom is -0.374 e. The molecule has 2 rings (SSSR count). The van der Waals surface area contributed by atoms with Crippen LogP contribution in [-0.2, 0) is 11.3 Å². The van der Waals surface area contributed by atoms with Gasteiger partial charge in [-0.05, 0) is 36.7 Å². The quantitative estimate of drug-likeness (QED) is 0.738. The van der Waals surface area contributed by atoms with Crippen molar-refractivity contribution < 1.29 is 4.74 Å². The largest absolute Gasteiger partial charge is 0.374 e. The Hall–Kier alpha value is -0.603. The van der Waals surface area contributed by atoms with Gasteiger partial charge in [-0.25, -0.2) is 0 Å². The second-order valence-corrected chi connectivity index (χ2v) is 12.9. The van der Waals surface area contributed by atoms with Gasteiger partial charge in [0.1, 0.15) is 0 Å². The van der Waals surface area contributed by atoms with Gasteiger partial charge in [0.05, 0.1) is 20.8 Å². The highest BCUT2D eigenvalue weighted by Crippen LogP contribution is 2.30. The van der Waals surface area contributed by atoms with E-state index in [2.05, 4.69) is 57.8 Å². The summed E-state index contributed by atoms with van der Waals surface area (Å²) < 4.78 is 6.15. The van der Waals surface area contributed by atoms with Crippen LogP contribution in [0.2, 0.25) is 19.6 Å². The van der Waals surface area contributed by atoms with Crippen molar-refractivity contribution >= 4 is 13.3 Å². The number of benzene rings is 1. The van der Waals surface area contributed by atoms with E-state index in [1.165, 1.54) is 30.0 Å². The lowest BCUT2D eigenvalue weighted by Crippen LogP contribution is -2.37. The Morgan fingerprint density at radius 1 is 0.950 bits per heavy atom. The Labute approximate surface area is 125 Å². The molecule has 1 saturated carbocycles. The molecule has 0 saturated heterocycles. The predicted octanol–water partition coefficient (Wildman–Crippen LogP) is 4.57. The van der Waals surface area contributed by atoms with Gasteiger partial charge in [-0.1, -0.05) is 62.9 Å². The fourth-order valence-electron chi connectivity index (χ4n) is 3.32. The van der Waals surface area contributed by atoms with Crippen molar-refractivity contribution in [1.29, 1.82) is 0 Å². The highest BCUT2D eigenvalue weighted by atomic mass is 28.3. The maximum atomic E-state index is 6.15. The molecular weight excluding hydrogens is 260 g/mol. The summed E-state index contributed by atoms with van der Waals surface area (Å²) in [5.41, 5.74) is 1.32. The molecule has 0 bridgehead atoms. The van der Waals surface area contributed by atoms with Crippen LogP contribution in [0.15, 0.2) is 24.3 Å². The molecule has 2 unspecified atom stereocenters. The average molecular weight is 291 g/mol. The third-order valence-corrected chi connectivity index (χ3v) is 6.51. The first-order valence-corrected chi connectivity index (χ1v) is 11.6. The smallest absolute Gasteiger partial charge is 0.0775 e. The first-order chi connectivity index (χ1) is 9.34. The molecule has 20 heavy (non-hydrogen) atoms. The zero-order valence-corrected chi connectivity index (χ0v) is 14.8. The van der Waals surface area contributed by atoms with Gasteiger partial charge in [-0.2, -0.15) is 0 Å². The topological polar surface area (TPSA) is 9.23 Å². The molecule has 1 aromatic rings. The van der Waals surface area contributed by atoms with Crippen LogP contribution in [0, 0.1) is 11.8 Å². The second kappa shape index (κ2) is 6.44. The predicted molar refractivity (Wildman–Crippen MR) is 90.2 cm³/mol. The van der Waals surface area contributed by atoms with Gasteiger partial charge >= 0.3 is 0 Å². The molecule has 2 heteroatoms. The molecule has 1 fully saturated rings. The highest BCUT2D eigenvalue weighted by molar-refractivity contribution is 6.88. The Morgan fingerprint density at radius 3 is 2.00 bits per heavy atom. The van der Waals surface area contributed by atoms with Gasteiger partial charge in [-0.3, -0.25) is 0 Å². The number of rotatable bonds is 4. The zero-order valence-electron chi connectivity index (χ0n) is 13.8. The van der Waals surface area contributed by atoms with Crippen LogP contribution >= 0.6 is 0 Å². The molecule has 0 heterocycles. The van der Waals surface area contributed by atoms with Gasteiger partial charge in [0.2, 0.25) is 0 Å². The highest BCUT2D eigenvalue weighted by Gasteiger charge is 2.24. The van der Waals surface area contributed by atoms with Gasteiger partial charge in [0.15, 0.2) is 0 Å². The van der Waals surface area contributed by atoms with E-state index in [0.29, 0.717) is 6.10 Å². The van der Waals surface area contributed by atoms with E-state index in [9.17, 15) is 0 Å². The molecule has 0 N–H and O–H groups in total. The minimum atomic E-state index is -1.17. The zero-order chi connectivity index (χ0) is 14.8. The minimum absolute atomic E-state index is 0.463. The lowest BCUT2D eigenvalue weighted by molar-refractivity contribution is -0.00914. The van der Waals surface area contributed by atoms with Crippen LogP contribution in [0.25, 0.3) is 0 Å². The van der Waals surface area contributed by atoms with Crippen molar-refractivity contribution in [2.24, 2.45) is 11.8 Å². The molecule has 0 spiro atoms. The van der Waals surface area contributed by atoms with E-state index >= 15 is 0 Å². The summed E-state index contributed by atoms with van der Waals surface area (Å²) in [6.07, 6.45) is 4.30. The third-order valence-electron chi connectivity index (χ3n) is 4.44. The third kappa shape index (κ3) is 4.46. The number of hydrogen-bond donors (Lipinski definition) is 0. The summed E-state index contributed by atoms with van der Waals surface area (Å²) in [4.78, 5) is 0. The summed E-state index contributed by atoms with van der Waals surface area (Å²) in [5, 5.41) is 1.53. The van der Waals surface area contributed by atoms with Crippen molar-refractivity contribution in [2.75, 3.05) is 0 Å². The van der Waals surface area contributed by atoms with Crippen molar-refractivity contribution in [2.45, 2.75) is 65.5 Å². The number of hydrogen-bond acceptors (Lipinski definition) is 1. The maximum absolute atomic E-state index is 6.15. The second-order valence-electron chi connectivity index (χ2n) is 7.80. The molecule has 1 aliphatic carbocycles. The van der Waals surface area contributed by atoms with Gasteiger partial charge < -0.3 is 4.74 Å². The summed E-state index contributed by atoms with van der Waals surface area (Å²) in [6.45, 7) is 12.7. The van der Waals surface area contributed by atoms with E-state index in [1.54, 1.807) is 0 Å². The van der Waals surface area contributed by atoms with Crippen molar-refractivity contribution in [3.8, 4) is 0 Å². The Kier molecular flexibility index (Phi) is 5.08. The van der Waals surface area contributed by atoms with Crippen LogP contribution in [0.3, 0.4) is 0 Å². The molecule has 112 valence electrons. The molecule has 0 aliphatic heterocycles. The van der Waals surface area contributed by atoms with Crippen LogP contribution in [0.5, 0.6) is 0 Å². The van der Waals surface area contributed by atoms with Gasteiger partial charge in [0.25, 0.3) is 0 Å². The molecule has 1 aliphatic rings. The summed E-state index contributed by atoms with van der Waals surface area (Å²) in [6, 6.07) is 9.11. The van der Waals surface area contributed by atoms with Crippen LogP contribution in [0.4, 0.5) is 0 Å². The van der Waals surface area contributed by atoms with Crippen molar-refractivity contribution in [1.82, 2.24) is 0 Å². The average Bonchev–Trinajstić information content (AvgIpc) is 2.35. The maximum Gasteiger partial charge on any atom is 0.0775 e. The monoisotopic (exact) mass is 290 g/mol. The fourth-order valence-corrected chi connectivity index (χ4v) is 4.49. The number of ether oxygens (including phenoxy) is 1. The van der Waals surface area contributed by atoms with Gasteiger partial charge in [-0.15, -0.1) is 0 Å². The summed E-state index contributed by atoms with van der Waals surface area (Å²) >= 11 is 0. The van der Waals surface area contributed by atoms with Crippen LogP contribution in [0.1, 0.15) is 38.7 Å². The van der Waals surface area contributed by atoms with Gasteiger partial charge in [0, 0.05) is 0 Å². The Balaban J connectivity index is 1.88. The Bertz CT molecular complexity index is 408. The first-order valence-electron chi connectivity index (χ1n) is 8.05. The van der Waals surface area contributed by atoms with E-state index in [1.807, 2.05) is 0 Å². The van der Waals surface area contributed by atoms with E-state index in [-0.39, 0.29) is 0 Å². The first kappa shape index (κ1) is 15.8. The molecule has 2 atom stereocenters. The Morgan fingerprint density at radius 2 is 1.50 bits per heavy atom. The SMILES string of the molecule is CC1CC(C)CC(OCc2ccc([Si](C)(C)C)cc2)C1. The van der Waals surface area contributed by atoms with Crippen molar-refractivity contribution in [3.63, 3.8) is 0 Å². The molecule has 0 amide bonds. The van der Waals surface area contributed by atoms with Crippen LogP contribution in [-0.4, -0.2) is 14.2 Å². The summed E-state index contributed by atoms with van der Waals surface area (Å²) in [5.74, 6) is 1.64. The fraction of sp³-hybridized carbons (Fsp3) is 0.667.